The Morgan fingerprint density at radius 2 is 1.76 bits per heavy atom. The van der Waals surface area contributed by atoms with Crippen molar-refractivity contribution in [2.24, 2.45) is 0 Å². The third kappa shape index (κ3) is 3.62. The summed E-state index contributed by atoms with van der Waals surface area (Å²) in [5, 5.41) is 2.41. The van der Waals surface area contributed by atoms with Gasteiger partial charge in [0.25, 0.3) is 0 Å². The molecule has 2 aromatic carbocycles. The van der Waals surface area contributed by atoms with Crippen molar-refractivity contribution in [3.8, 4) is 5.75 Å². The summed E-state index contributed by atoms with van der Waals surface area (Å²) in [5.41, 5.74) is 0. The van der Waals surface area contributed by atoms with Gasteiger partial charge in [-0.3, -0.25) is 0 Å². The normalized spacial score (nSPS) is 10.7. The number of rotatable bonds is 5. The van der Waals surface area contributed by atoms with Crippen LogP contribution in [-0.4, -0.2) is 12.5 Å². The highest BCUT2D eigenvalue weighted by Crippen LogP contribution is 2.24. The van der Waals surface area contributed by atoms with E-state index in [2.05, 4.69) is 40.2 Å². The maximum atomic E-state index is 5.68. The van der Waals surface area contributed by atoms with Gasteiger partial charge in [0.15, 0.2) is 0 Å². The van der Waals surface area contributed by atoms with E-state index in [-0.39, 0.29) is 0 Å². The van der Waals surface area contributed by atoms with Crippen LogP contribution in [0.2, 0.25) is 0 Å². The molecule has 0 aliphatic heterocycles. The first-order valence-corrected chi connectivity index (χ1v) is 7.00. The topological polar surface area (TPSA) is 9.23 Å². The SMILES string of the molecule is ClCCCCOc1ccc2cc(Br)ccc2c1. The van der Waals surface area contributed by atoms with Gasteiger partial charge in [0.05, 0.1) is 6.61 Å². The van der Waals surface area contributed by atoms with Crippen LogP contribution in [0.1, 0.15) is 12.8 Å². The molecule has 0 bridgehead atoms. The van der Waals surface area contributed by atoms with Gasteiger partial charge < -0.3 is 4.74 Å². The first-order valence-electron chi connectivity index (χ1n) is 5.68. The van der Waals surface area contributed by atoms with E-state index in [1.54, 1.807) is 0 Å². The smallest absolute Gasteiger partial charge is 0.119 e. The molecule has 0 aliphatic rings. The first-order chi connectivity index (χ1) is 8.29. The Bertz CT molecular complexity index is 499. The van der Waals surface area contributed by atoms with Crippen molar-refractivity contribution in [3.05, 3.63) is 40.9 Å². The van der Waals surface area contributed by atoms with E-state index >= 15 is 0 Å². The second-order valence-electron chi connectivity index (χ2n) is 3.90. The first kappa shape index (κ1) is 12.7. The van der Waals surface area contributed by atoms with Crippen LogP contribution >= 0.6 is 27.5 Å². The van der Waals surface area contributed by atoms with E-state index in [0.29, 0.717) is 5.88 Å². The number of hydrogen-bond acceptors (Lipinski definition) is 1. The molecule has 0 aromatic heterocycles. The Labute approximate surface area is 115 Å². The summed E-state index contributed by atoms with van der Waals surface area (Å²) in [4.78, 5) is 0. The second-order valence-corrected chi connectivity index (χ2v) is 5.19. The molecule has 0 spiro atoms. The summed E-state index contributed by atoms with van der Waals surface area (Å²) in [6.07, 6.45) is 2.00. The van der Waals surface area contributed by atoms with Crippen molar-refractivity contribution in [2.45, 2.75) is 12.8 Å². The average molecular weight is 314 g/mol. The van der Waals surface area contributed by atoms with Gasteiger partial charge in [-0.25, -0.2) is 0 Å². The number of unbranched alkanes of at least 4 members (excludes halogenated alkanes) is 1. The third-order valence-electron chi connectivity index (χ3n) is 2.57. The number of fused-ring (bicyclic) bond motifs is 1. The van der Waals surface area contributed by atoms with Crippen LogP contribution in [-0.2, 0) is 0 Å². The van der Waals surface area contributed by atoms with E-state index in [0.717, 1.165) is 29.7 Å². The van der Waals surface area contributed by atoms with Crippen molar-refractivity contribution in [2.75, 3.05) is 12.5 Å². The molecule has 0 saturated heterocycles. The highest BCUT2D eigenvalue weighted by Gasteiger charge is 1.98. The van der Waals surface area contributed by atoms with Gasteiger partial charge in [-0.05, 0) is 47.9 Å². The van der Waals surface area contributed by atoms with Gasteiger partial charge in [0.2, 0.25) is 0 Å². The van der Waals surface area contributed by atoms with Crippen molar-refractivity contribution in [1.82, 2.24) is 0 Å². The average Bonchev–Trinajstić information content (AvgIpc) is 2.35. The Kier molecular flexibility index (Phi) is 4.69. The van der Waals surface area contributed by atoms with Gasteiger partial charge in [0.1, 0.15) is 5.75 Å². The van der Waals surface area contributed by atoms with E-state index in [4.69, 9.17) is 16.3 Å². The third-order valence-corrected chi connectivity index (χ3v) is 3.33. The minimum Gasteiger partial charge on any atom is -0.494 e. The molecule has 0 unspecified atom stereocenters. The van der Waals surface area contributed by atoms with Gasteiger partial charge >= 0.3 is 0 Å². The molecule has 1 nitrogen and oxygen atoms in total. The highest BCUT2D eigenvalue weighted by atomic mass is 79.9. The minimum absolute atomic E-state index is 0.703. The summed E-state index contributed by atoms with van der Waals surface area (Å²) in [5.74, 6) is 1.63. The van der Waals surface area contributed by atoms with Crippen molar-refractivity contribution >= 4 is 38.3 Å². The second kappa shape index (κ2) is 6.27. The molecule has 0 radical (unpaired) electrons. The zero-order chi connectivity index (χ0) is 12.1. The number of alkyl halides is 1. The molecule has 0 heterocycles. The molecule has 0 amide bonds. The van der Waals surface area contributed by atoms with E-state index in [1.165, 1.54) is 10.8 Å². The van der Waals surface area contributed by atoms with Crippen LogP contribution in [0.3, 0.4) is 0 Å². The minimum atomic E-state index is 0.703. The van der Waals surface area contributed by atoms with Crippen molar-refractivity contribution in [1.29, 1.82) is 0 Å². The molecule has 3 heteroatoms. The van der Waals surface area contributed by atoms with Crippen molar-refractivity contribution < 1.29 is 4.74 Å². The summed E-state index contributed by atoms with van der Waals surface area (Å²) in [6, 6.07) is 12.4. The molecule has 90 valence electrons. The Morgan fingerprint density at radius 1 is 1.00 bits per heavy atom. The van der Waals surface area contributed by atoms with Gasteiger partial charge in [-0.15, -0.1) is 11.6 Å². The van der Waals surface area contributed by atoms with E-state index < -0.39 is 0 Å². The Morgan fingerprint density at radius 3 is 2.59 bits per heavy atom. The molecular formula is C14H14BrClO. The molecule has 0 atom stereocenters. The molecule has 0 N–H and O–H groups in total. The lowest BCUT2D eigenvalue weighted by atomic mass is 10.1. The standard InChI is InChI=1S/C14H14BrClO/c15-13-5-3-12-10-14(6-4-11(12)9-13)17-8-2-1-7-16/h3-6,9-10H,1-2,7-8H2. The molecule has 2 rings (SSSR count). The summed E-state index contributed by atoms with van der Waals surface area (Å²) in [6.45, 7) is 0.731. The summed E-state index contributed by atoms with van der Waals surface area (Å²) < 4.78 is 6.77. The molecule has 0 fully saturated rings. The number of ether oxygens (including phenoxy) is 1. The van der Waals surface area contributed by atoms with Crippen LogP contribution in [0.15, 0.2) is 40.9 Å². The largest absolute Gasteiger partial charge is 0.494 e. The quantitative estimate of drug-likeness (QED) is 0.557. The monoisotopic (exact) mass is 312 g/mol. The number of benzene rings is 2. The fourth-order valence-electron chi connectivity index (χ4n) is 1.67. The summed E-state index contributed by atoms with van der Waals surface area (Å²) in [7, 11) is 0. The molecule has 2 aromatic rings. The molecule has 17 heavy (non-hydrogen) atoms. The van der Waals surface area contributed by atoms with E-state index in [1.807, 2.05) is 12.1 Å². The fourth-order valence-corrected chi connectivity index (χ4v) is 2.24. The maximum absolute atomic E-state index is 5.68. The maximum Gasteiger partial charge on any atom is 0.119 e. The van der Waals surface area contributed by atoms with Crippen LogP contribution in [0.4, 0.5) is 0 Å². The Hall–Kier alpha value is -0.730. The van der Waals surface area contributed by atoms with Crippen molar-refractivity contribution in [3.63, 3.8) is 0 Å². The zero-order valence-corrected chi connectivity index (χ0v) is 11.8. The highest BCUT2D eigenvalue weighted by molar-refractivity contribution is 9.10. The number of hydrogen-bond donors (Lipinski definition) is 0. The fraction of sp³-hybridized carbons (Fsp3) is 0.286. The lowest BCUT2D eigenvalue weighted by molar-refractivity contribution is 0.310. The van der Waals surface area contributed by atoms with Gasteiger partial charge in [-0.2, -0.15) is 0 Å². The zero-order valence-electron chi connectivity index (χ0n) is 9.46. The van der Waals surface area contributed by atoms with E-state index in [9.17, 15) is 0 Å². The molecular weight excluding hydrogens is 300 g/mol. The molecule has 0 saturated carbocycles. The van der Waals surface area contributed by atoms with Crippen LogP contribution in [0.5, 0.6) is 5.75 Å². The number of halogens is 2. The Balaban J connectivity index is 2.07. The lowest BCUT2D eigenvalue weighted by Gasteiger charge is -2.07. The molecule has 0 aliphatic carbocycles. The van der Waals surface area contributed by atoms with Gasteiger partial charge in [-0.1, -0.05) is 28.1 Å². The van der Waals surface area contributed by atoms with Crippen LogP contribution in [0, 0.1) is 0 Å². The lowest BCUT2D eigenvalue weighted by Crippen LogP contribution is -1.97. The van der Waals surface area contributed by atoms with Crippen LogP contribution < -0.4 is 4.74 Å². The summed E-state index contributed by atoms with van der Waals surface area (Å²) >= 11 is 9.08. The van der Waals surface area contributed by atoms with Crippen LogP contribution in [0.25, 0.3) is 10.8 Å². The predicted octanol–water partition coefficient (Wildman–Crippen LogP) is 5.00. The van der Waals surface area contributed by atoms with Gasteiger partial charge in [0, 0.05) is 10.4 Å². The predicted molar refractivity (Wildman–Crippen MR) is 77.1 cm³/mol.